The molecule has 0 radical (unpaired) electrons. The molecular formula is C57H75N15O13S. The standard InChI is InChI=1S/C57H75N15O13S/c1-31(2)48(72-49(77)38(58)22-33-15-17-36(73)18-16-33)55(83)68-41(19-21-86-3)50(78)64-29-46(74)66-44(25-35-28-61-30-65-35)54(82)69-42(23-32-10-5-4-6-11-32)52(80)67-40(14-9-20-62-57(59)60)51(79)70-43(53(81)71-45(56(84)85)26-47(75)76)24-34-27-63-39-13-8-7-12-37(34)39/h4-8,10-13,15-18,27-28,30-31,38,40-45,48,63,73H,9,14,19-26,29,58H2,1-3H3,(H,61,65)(H,64,78)(H,66,74)(H,67,80)(H,68,83)(H,69,82)(H,70,79)(H,71,81)(H,72,77)(H,75,76)(H,84,85)(H4,59,60,62)/t38-,40-,41-,42-,43+,44-,45-,48-/m0/s1. The smallest absolute Gasteiger partial charge is 0.326 e. The van der Waals surface area contributed by atoms with Gasteiger partial charge in [-0.3, -0.25) is 48.6 Å². The maximum Gasteiger partial charge on any atom is 0.326 e. The van der Waals surface area contributed by atoms with Crippen LogP contribution in [0.5, 0.6) is 5.75 Å². The van der Waals surface area contributed by atoms with Crippen LogP contribution in [0.25, 0.3) is 10.9 Å². The molecule has 5 aromatic rings. The van der Waals surface area contributed by atoms with E-state index in [-0.39, 0.29) is 63.2 Å². The SMILES string of the molecule is CSCC[C@H](NC(=O)[C@@H](NC(=O)[C@@H](N)Cc1ccc(O)cc1)C(C)C)C(=O)NCC(=O)N[C@@H](Cc1c[nH]cn1)C(=O)N[C@@H](Cc1ccccc1)C(=O)N[C@@H](CCCNC(=N)N)C(=O)N[C@H](Cc1c[nH]c2ccccc12)C(=O)N[C@@H](CC(=O)O)C(=O)O. The van der Waals surface area contributed by atoms with Crippen LogP contribution < -0.4 is 59.3 Å². The molecule has 2 heterocycles. The van der Waals surface area contributed by atoms with Gasteiger partial charge in [0.2, 0.25) is 47.3 Å². The van der Waals surface area contributed by atoms with Crippen LogP contribution in [0, 0.1) is 11.3 Å². The molecule has 0 saturated carbocycles. The van der Waals surface area contributed by atoms with Crippen LogP contribution in [0.4, 0.5) is 0 Å². The number of aromatic amines is 2. The predicted octanol–water partition coefficient (Wildman–Crippen LogP) is -1.06. The second kappa shape index (κ2) is 33.7. The van der Waals surface area contributed by atoms with Crippen molar-refractivity contribution in [1.82, 2.24) is 62.8 Å². The average Bonchev–Trinajstić information content (AvgIpc) is 2.23. The highest BCUT2D eigenvalue weighted by molar-refractivity contribution is 7.98. The lowest BCUT2D eigenvalue weighted by atomic mass is 10.0. The number of carbonyl (C=O) groups is 10. The van der Waals surface area contributed by atoms with Crippen molar-refractivity contribution in [3.05, 3.63) is 120 Å². The molecule has 29 heteroatoms. The van der Waals surface area contributed by atoms with Gasteiger partial charge in [0, 0.05) is 49.1 Å². The number of carbonyl (C=O) groups excluding carboxylic acids is 8. The zero-order valence-corrected chi connectivity index (χ0v) is 48.5. The van der Waals surface area contributed by atoms with Gasteiger partial charge in [-0.25, -0.2) is 9.78 Å². The van der Waals surface area contributed by atoms with Crippen LogP contribution in [-0.4, -0.2) is 169 Å². The minimum Gasteiger partial charge on any atom is -0.508 e. The van der Waals surface area contributed by atoms with Crippen molar-refractivity contribution in [2.24, 2.45) is 17.4 Å². The van der Waals surface area contributed by atoms with E-state index in [0.717, 1.165) is 0 Å². The van der Waals surface area contributed by atoms with Gasteiger partial charge < -0.3 is 84.6 Å². The quantitative estimate of drug-likeness (QED) is 0.0131. The second-order valence-corrected chi connectivity index (χ2v) is 21.6. The zero-order chi connectivity index (χ0) is 62.9. The largest absolute Gasteiger partial charge is 0.508 e. The summed E-state index contributed by atoms with van der Waals surface area (Å²) in [4.78, 5) is 146. The summed E-state index contributed by atoms with van der Waals surface area (Å²) in [6, 6.07) is 10.5. The van der Waals surface area contributed by atoms with Crippen LogP contribution in [0.15, 0.2) is 97.6 Å². The molecule has 0 spiro atoms. The lowest BCUT2D eigenvalue weighted by Crippen LogP contribution is -2.60. The summed E-state index contributed by atoms with van der Waals surface area (Å²) in [7, 11) is 0. The summed E-state index contributed by atoms with van der Waals surface area (Å²) < 4.78 is 0. The molecule has 3 aromatic carbocycles. The molecule has 0 fully saturated rings. The van der Waals surface area contributed by atoms with Crippen molar-refractivity contribution < 1.29 is 63.3 Å². The minimum atomic E-state index is -1.89. The third kappa shape index (κ3) is 21.9. The number of rotatable bonds is 35. The fraction of sp³-hybridized carbons (Fsp3) is 0.404. The Hall–Kier alpha value is -9.51. The number of phenolic OH excluding ortho intramolecular Hbond substituents is 1. The maximum atomic E-state index is 14.7. The Morgan fingerprint density at radius 3 is 1.83 bits per heavy atom. The summed E-state index contributed by atoms with van der Waals surface area (Å²) >= 11 is 1.39. The number of aromatic nitrogens is 3. The molecular weight excluding hydrogens is 1130 g/mol. The van der Waals surface area contributed by atoms with E-state index in [1.165, 1.54) is 36.4 Å². The molecule has 8 atom stereocenters. The predicted molar refractivity (Wildman–Crippen MR) is 318 cm³/mol. The summed E-state index contributed by atoms with van der Waals surface area (Å²) in [5, 5.41) is 60.4. The van der Waals surface area contributed by atoms with E-state index in [0.29, 0.717) is 39.0 Å². The fourth-order valence-corrected chi connectivity index (χ4v) is 9.42. The number of nitrogens with zero attached hydrogens (tertiary/aromatic N) is 1. The lowest BCUT2D eigenvalue weighted by molar-refractivity contribution is -0.147. The van der Waals surface area contributed by atoms with Crippen molar-refractivity contribution in [2.75, 3.05) is 25.1 Å². The highest BCUT2D eigenvalue weighted by atomic mass is 32.2. The van der Waals surface area contributed by atoms with E-state index in [2.05, 4.69) is 62.8 Å². The normalized spacial score (nSPS) is 13.9. The summed E-state index contributed by atoms with van der Waals surface area (Å²) in [6.07, 6.45) is 4.76. The van der Waals surface area contributed by atoms with Gasteiger partial charge in [-0.05, 0) is 78.5 Å². The molecule has 0 aliphatic heterocycles. The number of imidazole rings is 1. The molecule has 0 bridgehead atoms. The van der Waals surface area contributed by atoms with Gasteiger partial charge in [0.15, 0.2) is 5.96 Å². The van der Waals surface area contributed by atoms with Gasteiger partial charge in [0.1, 0.15) is 48.0 Å². The molecule has 86 heavy (non-hydrogen) atoms. The van der Waals surface area contributed by atoms with Crippen LogP contribution in [0.2, 0.25) is 0 Å². The first-order chi connectivity index (χ1) is 41.0. The Bertz CT molecular complexity index is 3130. The van der Waals surface area contributed by atoms with Crippen molar-refractivity contribution in [1.29, 1.82) is 5.41 Å². The first-order valence-corrected chi connectivity index (χ1v) is 28.9. The van der Waals surface area contributed by atoms with Gasteiger partial charge in [-0.1, -0.05) is 74.5 Å². The number of amides is 8. The van der Waals surface area contributed by atoms with E-state index >= 15 is 0 Å². The Balaban J connectivity index is 1.34. The third-order valence-corrected chi connectivity index (χ3v) is 14.2. The Labute approximate surface area is 499 Å². The number of para-hydroxylation sites is 1. The molecule has 462 valence electrons. The Kier molecular flexibility index (Phi) is 26.4. The summed E-state index contributed by atoms with van der Waals surface area (Å²) in [5.74, 6) is -10.3. The van der Waals surface area contributed by atoms with Crippen LogP contribution >= 0.6 is 11.8 Å². The van der Waals surface area contributed by atoms with Crippen molar-refractivity contribution in [2.45, 2.75) is 114 Å². The first-order valence-electron chi connectivity index (χ1n) is 27.5. The Morgan fingerprint density at radius 2 is 1.21 bits per heavy atom. The summed E-state index contributed by atoms with van der Waals surface area (Å²) in [5.41, 5.74) is 14.4. The fourth-order valence-electron chi connectivity index (χ4n) is 8.95. The van der Waals surface area contributed by atoms with Crippen molar-refractivity contribution >= 4 is 87.8 Å². The number of H-pyrrole nitrogens is 2. The van der Waals surface area contributed by atoms with Crippen LogP contribution in [-0.2, 0) is 73.6 Å². The average molecular weight is 1210 g/mol. The summed E-state index contributed by atoms with van der Waals surface area (Å²) in [6.45, 7) is 2.75. The van der Waals surface area contributed by atoms with Gasteiger partial charge in [-0.15, -0.1) is 0 Å². The molecule has 0 aliphatic carbocycles. The van der Waals surface area contributed by atoms with Crippen molar-refractivity contribution in [3.63, 3.8) is 0 Å². The molecule has 8 amide bonds. The van der Waals surface area contributed by atoms with Gasteiger partial charge >= 0.3 is 11.9 Å². The number of nitrogens with two attached hydrogens (primary N) is 2. The minimum absolute atomic E-state index is 0.0400. The molecule has 0 aliphatic rings. The number of thioether (sulfide) groups is 1. The Morgan fingerprint density at radius 1 is 0.628 bits per heavy atom. The zero-order valence-electron chi connectivity index (χ0n) is 47.6. The van der Waals surface area contributed by atoms with Gasteiger partial charge in [-0.2, -0.15) is 11.8 Å². The highest BCUT2D eigenvalue weighted by Crippen LogP contribution is 2.20. The van der Waals surface area contributed by atoms with Crippen molar-refractivity contribution in [3.8, 4) is 5.75 Å². The van der Waals surface area contributed by atoms with Gasteiger partial charge in [0.05, 0.1) is 31.0 Å². The number of fused-ring (bicyclic) bond motifs is 1. The lowest BCUT2D eigenvalue weighted by Gasteiger charge is -2.27. The first kappa shape index (κ1) is 67.3. The highest BCUT2D eigenvalue weighted by Gasteiger charge is 2.35. The number of nitrogens with one attached hydrogen (secondary N) is 12. The third-order valence-electron chi connectivity index (χ3n) is 13.5. The molecule has 28 nitrogen and oxygen atoms in total. The van der Waals surface area contributed by atoms with Crippen LogP contribution in [0.1, 0.15) is 61.9 Å². The number of aliphatic carboxylic acids is 2. The maximum absolute atomic E-state index is 14.7. The van der Waals surface area contributed by atoms with E-state index in [4.69, 9.17) is 16.9 Å². The number of benzene rings is 3. The number of phenols is 1. The molecule has 19 N–H and O–H groups in total. The molecule has 2 aromatic heterocycles. The monoisotopic (exact) mass is 1210 g/mol. The van der Waals surface area contributed by atoms with Crippen LogP contribution in [0.3, 0.4) is 0 Å². The number of guanidine groups is 1. The number of hydrogen-bond acceptors (Lipinski definition) is 15. The molecule has 5 rings (SSSR count). The number of hydrogen-bond donors (Lipinski definition) is 17. The topological polar surface area (TPSA) is 460 Å². The van der Waals surface area contributed by atoms with E-state index in [9.17, 15) is 63.3 Å². The molecule has 0 saturated heterocycles. The van der Waals surface area contributed by atoms with E-state index in [1.54, 1.807) is 93.0 Å². The number of aromatic hydroxyl groups is 1. The van der Waals surface area contributed by atoms with Gasteiger partial charge in [0.25, 0.3) is 0 Å². The van der Waals surface area contributed by atoms with E-state index in [1.807, 2.05) is 0 Å². The second-order valence-electron chi connectivity index (χ2n) is 20.6. The molecule has 0 unspecified atom stereocenters. The number of carboxylic acid groups (broad SMARTS) is 2. The van der Waals surface area contributed by atoms with E-state index < -0.39 is 126 Å². The number of carboxylic acids is 2.